The van der Waals surface area contributed by atoms with Gasteiger partial charge in [-0.2, -0.15) is 0 Å². The Morgan fingerprint density at radius 1 is 0.304 bits per heavy atom. The molecule has 0 aromatic rings. The van der Waals surface area contributed by atoms with E-state index in [1.807, 2.05) is 0 Å². The second kappa shape index (κ2) is 56.1. The maximum atomic E-state index is 12.8. The molecule has 0 unspecified atom stereocenters. The van der Waals surface area contributed by atoms with Crippen molar-refractivity contribution in [3.8, 4) is 0 Å². The first-order chi connectivity index (χ1) is 34.0. The lowest BCUT2D eigenvalue weighted by Gasteiger charge is -2.18. The highest BCUT2D eigenvalue weighted by atomic mass is 16.6. The molecular weight excluding hydrogens is 853 g/mol. The van der Waals surface area contributed by atoms with E-state index in [0.717, 1.165) is 103 Å². The minimum atomic E-state index is -0.832. The first-order valence-electron chi connectivity index (χ1n) is 27.7. The zero-order chi connectivity index (χ0) is 50.0. The summed E-state index contributed by atoms with van der Waals surface area (Å²) in [6.45, 7) is 6.29. The zero-order valence-electron chi connectivity index (χ0n) is 44.3. The Kier molecular flexibility index (Phi) is 52.5. The summed E-state index contributed by atoms with van der Waals surface area (Å²) in [7, 11) is 0. The van der Waals surface area contributed by atoms with E-state index in [1.165, 1.54) is 70.6 Å². The van der Waals surface area contributed by atoms with Crippen LogP contribution in [0.2, 0.25) is 0 Å². The van der Waals surface area contributed by atoms with Crippen molar-refractivity contribution in [2.75, 3.05) is 13.2 Å². The smallest absolute Gasteiger partial charge is 0.306 e. The summed E-state index contributed by atoms with van der Waals surface area (Å²) in [5, 5.41) is 0. The van der Waals surface area contributed by atoms with Crippen molar-refractivity contribution < 1.29 is 28.6 Å². The van der Waals surface area contributed by atoms with Crippen molar-refractivity contribution in [1.82, 2.24) is 0 Å². The lowest BCUT2D eigenvalue weighted by atomic mass is 10.1. The Morgan fingerprint density at radius 3 is 0.957 bits per heavy atom. The summed E-state index contributed by atoms with van der Waals surface area (Å²) in [5.74, 6) is -1.03. The third kappa shape index (κ3) is 54.4. The van der Waals surface area contributed by atoms with Crippen molar-refractivity contribution in [3.63, 3.8) is 0 Å². The Bertz CT molecular complexity index is 1510. The number of hydrogen-bond donors (Lipinski definition) is 0. The summed E-state index contributed by atoms with van der Waals surface area (Å²) in [6, 6.07) is 0. The van der Waals surface area contributed by atoms with E-state index in [2.05, 4.69) is 154 Å². The molecule has 0 aliphatic heterocycles. The van der Waals surface area contributed by atoms with Crippen molar-refractivity contribution in [3.05, 3.63) is 134 Å². The van der Waals surface area contributed by atoms with Gasteiger partial charge in [0.15, 0.2) is 6.10 Å². The normalized spacial score (nSPS) is 13.1. The molecule has 69 heavy (non-hydrogen) atoms. The third-order valence-corrected chi connectivity index (χ3v) is 11.1. The van der Waals surface area contributed by atoms with Gasteiger partial charge in [-0.25, -0.2) is 0 Å². The largest absolute Gasteiger partial charge is 0.462 e. The molecule has 0 aromatic carbocycles. The predicted molar refractivity (Wildman–Crippen MR) is 297 cm³/mol. The second-order valence-corrected chi connectivity index (χ2v) is 17.7. The maximum absolute atomic E-state index is 12.8. The van der Waals surface area contributed by atoms with E-state index in [1.54, 1.807) is 0 Å². The molecule has 6 nitrogen and oxygen atoms in total. The number of carbonyl (C=O) groups is 3. The highest BCUT2D eigenvalue weighted by Gasteiger charge is 2.19. The van der Waals surface area contributed by atoms with Gasteiger partial charge >= 0.3 is 17.9 Å². The number of rotatable bonds is 48. The number of hydrogen-bond acceptors (Lipinski definition) is 6. The van der Waals surface area contributed by atoms with E-state index < -0.39 is 6.10 Å². The fourth-order valence-electron chi connectivity index (χ4n) is 7.03. The summed E-state index contributed by atoms with van der Waals surface area (Å²) >= 11 is 0. The Balaban J connectivity index is 4.55. The van der Waals surface area contributed by atoms with Gasteiger partial charge in [0.05, 0.1) is 0 Å². The summed E-state index contributed by atoms with van der Waals surface area (Å²) in [6.07, 6.45) is 78.7. The molecule has 0 rings (SSSR count). The Morgan fingerprint density at radius 2 is 0.580 bits per heavy atom. The standard InChI is InChI=1S/C63H100O6/c1-4-7-10-13-16-19-22-25-28-30-31-33-35-38-41-44-47-50-53-56-62(65)68-59-60(58-67-61(64)55-52-49-46-43-40-37-34-27-24-21-18-15-12-9-6-3)69-63(66)57-54-51-48-45-42-39-36-32-29-26-23-20-17-14-11-8-5-2/h8-9,11-12,16-21,25-29,34,36,39-40,43,45,48,60H,4-7,10,13-15,22-24,30-33,35,37-38,41-42,44,46-47,49-59H2,1-3H3/b11-8-,12-9-,19-16-,20-17-,21-18-,28-25-,29-26-,34-27-,39-36-,43-40-,48-45-/t60-/m1/s1. The lowest BCUT2D eigenvalue weighted by Crippen LogP contribution is -2.30. The van der Waals surface area contributed by atoms with E-state index in [-0.39, 0.29) is 44.0 Å². The number of carbonyl (C=O) groups excluding carboxylic acids is 3. The highest BCUT2D eigenvalue weighted by molar-refractivity contribution is 5.71. The molecule has 0 bridgehead atoms. The number of allylic oxidation sites excluding steroid dienone is 22. The first kappa shape index (κ1) is 64.5. The van der Waals surface area contributed by atoms with Crippen LogP contribution >= 0.6 is 0 Å². The maximum Gasteiger partial charge on any atom is 0.306 e. The van der Waals surface area contributed by atoms with Crippen LogP contribution in [0.1, 0.15) is 226 Å². The fraction of sp³-hybridized carbons (Fsp3) is 0.603. The molecule has 0 radical (unpaired) electrons. The van der Waals surface area contributed by atoms with Gasteiger partial charge < -0.3 is 14.2 Å². The number of ether oxygens (including phenoxy) is 3. The molecule has 0 aliphatic rings. The molecule has 0 N–H and O–H groups in total. The van der Waals surface area contributed by atoms with Gasteiger partial charge in [-0.15, -0.1) is 0 Å². The summed E-state index contributed by atoms with van der Waals surface area (Å²) < 4.78 is 16.8. The van der Waals surface area contributed by atoms with E-state index in [4.69, 9.17) is 14.2 Å². The molecule has 6 heteroatoms. The molecular formula is C63H100O6. The molecule has 0 spiro atoms. The number of esters is 3. The quantitative estimate of drug-likeness (QED) is 0.0262. The molecule has 0 heterocycles. The first-order valence-corrected chi connectivity index (χ1v) is 27.7. The molecule has 0 saturated carbocycles. The second-order valence-electron chi connectivity index (χ2n) is 17.7. The third-order valence-electron chi connectivity index (χ3n) is 11.1. The molecule has 0 saturated heterocycles. The van der Waals surface area contributed by atoms with Crippen LogP contribution in [-0.2, 0) is 28.6 Å². The predicted octanol–water partition coefficient (Wildman–Crippen LogP) is 18.6. The van der Waals surface area contributed by atoms with E-state index in [9.17, 15) is 14.4 Å². The van der Waals surface area contributed by atoms with Crippen molar-refractivity contribution in [2.45, 2.75) is 232 Å². The Labute approximate surface area is 424 Å². The van der Waals surface area contributed by atoms with Crippen LogP contribution in [0.15, 0.2) is 134 Å². The van der Waals surface area contributed by atoms with Crippen LogP contribution in [0.25, 0.3) is 0 Å². The van der Waals surface area contributed by atoms with Gasteiger partial charge in [0.2, 0.25) is 0 Å². The average Bonchev–Trinajstić information content (AvgIpc) is 3.35. The van der Waals surface area contributed by atoms with Crippen molar-refractivity contribution in [2.24, 2.45) is 0 Å². The van der Waals surface area contributed by atoms with Gasteiger partial charge in [-0.3, -0.25) is 14.4 Å². The fourth-order valence-corrected chi connectivity index (χ4v) is 7.03. The van der Waals surface area contributed by atoms with Gasteiger partial charge in [0.1, 0.15) is 13.2 Å². The van der Waals surface area contributed by atoms with Gasteiger partial charge in [-0.05, 0) is 128 Å². The average molecular weight is 953 g/mol. The van der Waals surface area contributed by atoms with Crippen molar-refractivity contribution >= 4 is 17.9 Å². The highest BCUT2D eigenvalue weighted by Crippen LogP contribution is 2.13. The lowest BCUT2D eigenvalue weighted by molar-refractivity contribution is -0.167. The SMILES string of the molecule is CC/C=C\C/C=C\C/C=C\C/C=C\C/C=C\CCCC(=O)O[C@H](COC(=O)CCCC/C=C\C/C=C\C/C=C\C/C=C\CC)COC(=O)CCCCCCCCCCC/C=C\C/C=C\CCCCC. The molecule has 0 aliphatic carbocycles. The minimum Gasteiger partial charge on any atom is -0.462 e. The van der Waals surface area contributed by atoms with Crippen LogP contribution in [0.3, 0.4) is 0 Å². The minimum absolute atomic E-state index is 0.121. The summed E-state index contributed by atoms with van der Waals surface area (Å²) in [5.41, 5.74) is 0. The monoisotopic (exact) mass is 953 g/mol. The summed E-state index contributed by atoms with van der Waals surface area (Å²) in [4.78, 5) is 38.1. The van der Waals surface area contributed by atoms with Crippen LogP contribution in [0.4, 0.5) is 0 Å². The van der Waals surface area contributed by atoms with E-state index in [0.29, 0.717) is 19.3 Å². The van der Waals surface area contributed by atoms with Gasteiger partial charge in [0, 0.05) is 19.3 Å². The Hall–Kier alpha value is -4.45. The molecule has 1 atom stereocenters. The molecule has 0 fully saturated rings. The van der Waals surface area contributed by atoms with Gasteiger partial charge in [0.25, 0.3) is 0 Å². The topological polar surface area (TPSA) is 78.9 Å². The van der Waals surface area contributed by atoms with Crippen LogP contribution < -0.4 is 0 Å². The zero-order valence-corrected chi connectivity index (χ0v) is 44.3. The van der Waals surface area contributed by atoms with Gasteiger partial charge in [-0.1, -0.05) is 212 Å². The molecule has 0 amide bonds. The van der Waals surface area contributed by atoms with Crippen LogP contribution in [-0.4, -0.2) is 37.2 Å². The van der Waals surface area contributed by atoms with Crippen LogP contribution in [0, 0.1) is 0 Å². The number of unbranched alkanes of at least 4 members (excludes halogenated alkanes) is 15. The van der Waals surface area contributed by atoms with E-state index >= 15 is 0 Å². The van der Waals surface area contributed by atoms with Crippen molar-refractivity contribution in [1.29, 1.82) is 0 Å². The van der Waals surface area contributed by atoms with Crippen LogP contribution in [0.5, 0.6) is 0 Å². The molecule has 0 aromatic heterocycles. The molecule has 388 valence electrons.